The van der Waals surface area contributed by atoms with Crippen LogP contribution in [-0.4, -0.2) is 19.5 Å². The van der Waals surface area contributed by atoms with Gasteiger partial charge in [-0.3, -0.25) is 4.79 Å². The van der Waals surface area contributed by atoms with E-state index in [0.29, 0.717) is 5.56 Å². The van der Waals surface area contributed by atoms with E-state index in [9.17, 15) is 13.2 Å². The molecule has 1 N–H and O–H groups in total. The summed E-state index contributed by atoms with van der Waals surface area (Å²) in [5, 5.41) is 8.43. The lowest BCUT2D eigenvalue weighted by Crippen LogP contribution is -1.99. The van der Waals surface area contributed by atoms with Crippen LogP contribution in [-0.2, 0) is 21.9 Å². The molecular formula is C8H8O4S. The van der Waals surface area contributed by atoms with Crippen LogP contribution in [0.15, 0.2) is 29.2 Å². The molecule has 0 radical (unpaired) electrons. The summed E-state index contributed by atoms with van der Waals surface area (Å²) in [6.07, 6.45) is -0.0874. The van der Waals surface area contributed by atoms with E-state index in [-0.39, 0.29) is 11.3 Å². The predicted molar refractivity (Wildman–Crippen MR) is 46.4 cm³/mol. The van der Waals surface area contributed by atoms with Crippen LogP contribution in [0.1, 0.15) is 5.56 Å². The first-order valence-electron chi connectivity index (χ1n) is 3.54. The number of carboxylic acids is 1. The third-order valence-electron chi connectivity index (χ3n) is 1.50. The lowest BCUT2D eigenvalue weighted by atomic mass is 10.2. The summed E-state index contributed by atoms with van der Waals surface area (Å²) < 4.78 is 20.9. The van der Waals surface area contributed by atoms with E-state index in [0.717, 1.165) is 0 Å². The molecule has 0 bridgehead atoms. The highest BCUT2D eigenvalue weighted by atomic mass is 32.2. The monoisotopic (exact) mass is 200 g/mol. The van der Waals surface area contributed by atoms with Crippen molar-refractivity contribution in [3.05, 3.63) is 29.8 Å². The highest BCUT2D eigenvalue weighted by molar-refractivity contribution is 7.72. The maximum Gasteiger partial charge on any atom is 0.307 e. The lowest BCUT2D eigenvalue weighted by molar-refractivity contribution is -0.136. The summed E-state index contributed by atoms with van der Waals surface area (Å²) in [5.74, 6) is -0.931. The molecule has 1 rings (SSSR count). The zero-order valence-corrected chi connectivity index (χ0v) is 7.53. The van der Waals surface area contributed by atoms with E-state index in [1.54, 1.807) is 0 Å². The van der Waals surface area contributed by atoms with Crippen molar-refractivity contribution >= 4 is 16.7 Å². The topological polar surface area (TPSA) is 71.4 Å². The Morgan fingerprint density at radius 3 is 2.15 bits per heavy atom. The molecule has 0 fully saturated rings. The molecule has 0 amide bonds. The Morgan fingerprint density at radius 1 is 1.23 bits per heavy atom. The number of benzene rings is 1. The number of carboxylic acid groups (broad SMARTS) is 1. The maximum absolute atomic E-state index is 10.5. The molecule has 4 nitrogen and oxygen atoms in total. The van der Waals surface area contributed by atoms with Crippen molar-refractivity contribution < 1.29 is 18.3 Å². The Balaban J connectivity index is 2.87. The summed E-state index contributed by atoms with van der Waals surface area (Å²) in [5.41, 5.74) is 0.591. The van der Waals surface area contributed by atoms with Crippen LogP contribution in [0.3, 0.4) is 0 Å². The molecule has 0 atom stereocenters. The Bertz CT molecular complexity index is 370. The number of thiol groups is 1. The van der Waals surface area contributed by atoms with E-state index < -0.39 is 16.7 Å². The average Bonchev–Trinajstić information content (AvgIpc) is 2.04. The molecule has 0 aliphatic rings. The van der Waals surface area contributed by atoms with Gasteiger partial charge in [-0.25, -0.2) is 8.42 Å². The molecule has 0 aliphatic carbocycles. The van der Waals surface area contributed by atoms with Crippen LogP contribution in [0.5, 0.6) is 0 Å². The smallest absolute Gasteiger partial charge is 0.307 e. The van der Waals surface area contributed by atoms with E-state index >= 15 is 0 Å². The van der Waals surface area contributed by atoms with Crippen molar-refractivity contribution in [2.75, 3.05) is 0 Å². The zero-order chi connectivity index (χ0) is 9.84. The summed E-state index contributed by atoms with van der Waals surface area (Å²) in [4.78, 5) is 10.5. The number of hydrogen-bond donors (Lipinski definition) is 2. The number of aliphatic carboxylic acids is 1. The molecule has 13 heavy (non-hydrogen) atoms. The first-order valence-corrected chi connectivity index (χ1v) is 4.72. The number of rotatable bonds is 3. The Kier molecular flexibility index (Phi) is 3.02. The van der Waals surface area contributed by atoms with Crippen molar-refractivity contribution in [2.24, 2.45) is 0 Å². The number of hydrogen-bond acceptors (Lipinski definition) is 3. The van der Waals surface area contributed by atoms with Gasteiger partial charge in [0.05, 0.1) is 11.3 Å². The summed E-state index contributed by atoms with van der Waals surface area (Å²) in [6.45, 7) is 0. The van der Waals surface area contributed by atoms with Crippen LogP contribution in [0.2, 0.25) is 0 Å². The van der Waals surface area contributed by atoms with Crippen LogP contribution in [0.25, 0.3) is 0 Å². The Morgan fingerprint density at radius 2 is 1.77 bits per heavy atom. The van der Waals surface area contributed by atoms with Gasteiger partial charge in [-0.15, -0.1) is 0 Å². The van der Waals surface area contributed by atoms with Crippen LogP contribution >= 0.6 is 0 Å². The van der Waals surface area contributed by atoms with Crippen LogP contribution < -0.4 is 0 Å². The second kappa shape index (κ2) is 4.04. The minimum absolute atomic E-state index is 0.0874. The molecule has 5 heteroatoms. The fourth-order valence-electron chi connectivity index (χ4n) is 0.910. The van der Waals surface area contributed by atoms with Crippen molar-refractivity contribution in [1.29, 1.82) is 0 Å². The van der Waals surface area contributed by atoms with E-state index in [1.807, 2.05) is 0 Å². The molecule has 0 aliphatic heterocycles. The normalized spacial score (nSPS) is 10.2. The molecule has 1 aromatic rings. The summed E-state index contributed by atoms with van der Waals surface area (Å²) >= 11 is 0. The zero-order valence-electron chi connectivity index (χ0n) is 6.64. The van der Waals surface area contributed by atoms with Crippen molar-refractivity contribution in [1.82, 2.24) is 0 Å². The van der Waals surface area contributed by atoms with Gasteiger partial charge in [0.2, 0.25) is 0 Å². The van der Waals surface area contributed by atoms with Gasteiger partial charge in [-0.1, -0.05) is 12.1 Å². The quantitative estimate of drug-likeness (QED) is 0.688. The SMILES string of the molecule is O=C(O)Cc1ccc([SH](=O)=O)cc1. The maximum atomic E-state index is 10.5. The average molecular weight is 200 g/mol. The van der Waals surface area contributed by atoms with E-state index in [4.69, 9.17) is 5.11 Å². The van der Waals surface area contributed by atoms with Gasteiger partial charge in [0.25, 0.3) is 0 Å². The molecule has 0 unspecified atom stereocenters. The lowest BCUT2D eigenvalue weighted by Gasteiger charge is -1.95. The van der Waals surface area contributed by atoms with Gasteiger partial charge in [-0.2, -0.15) is 0 Å². The fraction of sp³-hybridized carbons (Fsp3) is 0.125. The minimum Gasteiger partial charge on any atom is -0.481 e. The fourth-order valence-corrected chi connectivity index (χ4v) is 1.30. The van der Waals surface area contributed by atoms with Crippen molar-refractivity contribution in [2.45, 2.75) is 11.3 Å². The van der Waals surface area contributed by atoms with Crippen LogP contribution in [0, 0.1) is 0 Å². The molecule has 0 saturated carbocycles. The second-order valence-electron chi connectivity index (χ2n) is 2.49. The van der Waals surface area contributed by atoms with Gasteiger partial charge < -0.3 is 5.11 Å². The first-order chi connectivity index (χ1) is 6.09. The second-order valence-corrected chi connectivity index (χ2v) is 3.52. The largest absolute Gasteiger partial charge is 0.481 e. The molecule has 0 heterocycles. The summed E-state index contributed by atoms with van der Waals surface area (Å²) in [6, 6.07) is 5.77. The molecular weight excluding hydrogens is 192 g/mol. The van der Waals surface area contributed by atoms with Crippen LogP contribution in [0.4, 0.5) is 0 Å². The highest BCUT2D eigenvalue weighted by Crippen LogP contribution is 2.05. The van der Waals surface area contributed by atoms with Gasteiger partial charge in [-0.05, 0) is 17.7 Å². The minimum atomic E-state index is -2.58. The standard InChI is InChI=1S/C8H8O4S/c9-8(10)5-6-1-3-7(4-2-6)13(11)12/h1-4,13H,5H2,(H,9,10). The van der Waals surface area contributed by atoms with Gasteiger partial charge >= 0.3 is 5.97 Å². The highest BCUT2D eigenvalue weighted by Gasteiger charge is 2.00. The molecule has 70 valence electrons. The third kappa shape index (κ3) is 2.87. The molecule has 0 aromatic heterocycles. The van der Waals surface area contributed by atoms with Crippen molar-refractivity contribution in [3.8, 4) is 0 Å². The first kappa shape index (κ1) is 9.73. The molecule has 0 spiro atoms. The molecule has 0 saturated heterocycles. The van der Waals surface area contributed by atoms with Crippen molar-refractivity contribution in [3.63, 3.8) is 0 Å². The predicted octanol–water partition coefficient (Wildman–Crippen LogP) is 0.284. The van der Waals surface area contributed by atoms with E-state index in [1.165, 1.54) is 24.3 Å². The van der Waals surface area contributed by atoms with Gasteiger partial charge in [0.1, 0.15) is 0 Å². The number of carbonyl (C=O) groups is 1. The Hall–Kier alpha value is -1.36. The van der Waals surface area contributed by atoms with Gasteiger partial charge in [0.15, 0.2) is 10.7 Å². The summed E-state index contributed by atoms with van der Waals surface area (Å²) in [7, 11) is -2.58. The van der Waals surface area contributed by atoms with Gasteiger partial charge in [0, 0.05) is 0 Å². The Labute approximate surface area is 76.8 Å². The van der Waals surface area contributed by atoms with E-state index in [2.05, 4.69) is 0 Å². The third-order valence-corrected chi connectivity index (χ3v) is 2.22. The molecule has 1 aromatic carbocycles.